The molecule has 0 aliphatic carbocycles. The highest BCUT2D eigenvalue weighted by atomic mass is 79.9. The van der Waals surface area contributed by atoms with Crippen LogP contribution in [0.4, 0.5) is 10.1 Å². The highest BCUT2D eigenvalue weighted by molar-refractivity contribution is 9.10. The normalized spacial score (nSPS) is 15.7. The van der Waals surface area contributed by atoms with Gasteiger partial charge in [-0.15, -0.1) is 11.3 Å². The molecule has 0 bridgehead atoms. The van der Waals surface area contributed by atoms with Gasteiger partial charge in [0.25, 0.3) is 0 Å². The van der Waals surface area contributed by atoms with E-state index in [1.807, 2.05) is 11.4 Å². The largest absolute Gasteiger partial charge is 0.383 e. The van der Waals surface area contributed by atoms with Crippen molar-refractivity contribution < 1.29 is 14.3 Å². The van der Waals surface area contributed by atoms with Crippen molar-refractivity contribution >= 4 is 38.9 Å². The second kappa shape index (κ2) is 5.27. The zero-order valence-corrected chi connectivity index (χ0v) is 12.7. The fourth-order valence-corrected chi connectivity index (χ4v) is 3.86. The van der Waals surface area contributed by atoms with Crippen LogP contribution in [-0.4, -0.2) is 11.0 Å². The smallest absolute Gasteiger partial charge is 0.224 e. The Kier molecular flexibility index (Phi) is 3.62. The number of rotatable bonds is 2. The predicted octanol–water partition coefficient (Wildman–Crippen LogP) is 3.62. The number of halogens is 2. The number of aliphatic hydroxyl groups is 1. The van der Waals surface area contributed by atoms with E-state index < -0.39 is 11.9 Å². The first kappa shape index (κ1) is 13.7. The lowest BCUT2D eigenvalue weighted by Gasteiger charge is -2.20. The van der Waals surface area contributed by atoms with Gasteiger partial charge in [0, 0.05) is 22.1 Å². The summed E-state index contributed by atoms with van der Waals surface area (Å²) >= 11 is 4.71. The van der Waals surface area contributed by atoms with Crippen LogP contribution in [0.15, 0.2) is 28.1 Å². The van der Waals surface area contributed by atoms with Gasteiger partial charge < -0.3 is 10.4 Å². The van der Waals surface area contributed by atoms with E-state index in [4.69, 9.17) is 0 Å². The van der Waals surface area contributed by atoms with Gasteiger partial charge in [0.15, 0.2) is 0 Å². The summed E-state index contributed by atoms with van der Waals surface area (Å²) in [5.74, 6) is -0.620. The molecule has 3 rings (SSSR count). The number of aryl methyl sites for hydroxylation is 1. The molecule has 2 aromatic rings. The van der Waals surface area contributed by atoms with Gasteiger partial charge in [0.05, 0.1) is 4.88 Å². The summed E-state index contributed by atoms with van der Waals surface area (Å²) in [6, 6.07) is 4.74. The third-order valence-electron chi connectivity index (χ3n) is 3.31. The Bertz CT molecular complexity index is 686. The molecule has 2 heterocycles. The SMILES string of the molecule is O=C1CCc2cc(C(O)c3sccc3Br)c(F)cc2N1. The van der Waals surface area contributed by atoms with Gasteiger partial charge in [0.1, 0.15) is 11.9 Å². The number of aliphatic hydroxyl groups excluding tert-OH is 1. The number of carbonyl (C=O) groups excluding carboxylic acids is 1. The van der Waals surface area contributed by atoms with Gasteiger partial charge >= 0.3 is 0 Å². The van der Waals surface area contributed by atoms with Gasteiger partial charge in [-0.25, -0.2) is 4.39 Å². The Hall–Kier alpha value is -1.24. The van der Waals surface area contributed by atoms with Crippen LogP contribution in [0.2, 0.25) is 0 Å². The minimum atomic E-state index is -1.01. The summed E-state index contributed by atoms with van der Waals surface area (Å²) in [5, 5.41) is 14.8. The first-order valence-electron chi connectivity index (χ1n) is 6.09. The van der Waals surface area contributed by atoms with E-state index >= 15 is 0 Å². The summed E-state index contributed by atoms with van der Waals surface area (Å²) in [5.41, 5.74) is 1.59. The van der Waals surface area contributed by atoms with Gasteiger partial charge in [-0.1, -0.05) is 0 Å². The molecule has 1 aliphatic heterocycles. The van der Waals surface area contributed by atoms with Crippen molar-refractivity contribution in [2.45, 2.75) is 18.9 Å². The molecule has 0 saturated heterocycles. The molecule has 1 aliphatic rings. The summed E-state index contributed by atoms with van der Waals surface area (Å²) in [7, 11) is 0. The van der Waals surface area contributed by atoms with Crippen LogP contribution in [0.5, 0.6) is 0 Å². The molecule has 1 aromatic carbocycles. The van der Waals surface area contributed by atoms with Gasteiger partial charge in [-0.05, 0) is 51.5 Å². The molecule has 1 atom stereocenters. The molecule has 6 heteroatoms. The van der Waals surface area contributed by atoms with Crippen molar-refractivity contribution in [1.82, 2.24) is 0 Å². The number of carbonyl (C=O) groups is 1. The maximum absolute atomic E-state index is 14.2. The molecule has 2 N–H and O–H groups in total. The predicted molar refractivity (Wildman–Crippen MR) is 79.4 cm³/mol. The Morgan fingerprint density at radius 1 is 1.40 bits per heavy atom. The lowest BCUT2D eigenvalue weighted by atomic mass is 9.97. The molecule has 0 radical (unpaired) electrons. The Morgan fingerprint density at radius 3 is 2.90 bits per heavy atom. The quantitative estimate of drug-likeness (QED) is 0.864. The number of thiophene rings is 1. The number of nitrogens with one attached hydrogen (secondary N) is 1. The van der Waals surface area contributed by atoms with Crippen molar-refractivity contribution in [2.75, 3.05) is 5.32 Å². The van der Waals surface area contributed by atoms with Crippen LogP contribution in [0.1, 0.15) is 28.5 Å². The number of amides is 1. The summed E-state index contributed by atoms with van der Waals surface area (Å²) in [6.07, 6.45) is -0.0591. The Labute approximate surface area is 127 Å². The number of fused-ring (bicyclic) bond motifs is 1. The second-order valence-electron chi connectivity index (χ2n) is 4.61. The van der Waals surface area contributed by atoms with E-state index in [0.717, 1.165) is 10.0 Å². The monoisotopic (exact) mass is 355 g/mol. The van der Waals surface area contributed by atoms with Crippen LogP contribution in [0.25, 0.3) is 0 Å². The van der Waals surface area contributed by atoms with Crippen molar-refractivity contribution in [2.24, 2.45) is 0 Å². The summed E-state index contributed by atoms with van der Waals surface area (Å²) in [6.45, 7) is 0. The number of benzene rings is 1. The number of hydrogen-bond donors (Lipinski definition) is 2. The number of hydrogen-bond acceptors (Lipinski definition) is 3. The lowest BCUT2D eigenvalue weighted by Crippen LogP contribution is -2.20. The molecular weight excluding hydrogens is 345 g/mol. The minimum Gasteiger partial charge on any atom is -0.383 e. The topological polar surface area (TPSA) is 49.3 Å². The minimum absolute atomic E-state index is 0.105. The first-order valence-corrected chi connectivity index (χ1v) is 7.76. The molecule has 1 unspecified atom stereocenters. The highest BCUT2D eigenvalue weighted by Crippen LogP contribution is 2.36. The van der Waals surface area contributed by atoms with E-state index in [1.54, 1.807) is 6.07 Å². The molecule has 0 saturated carbocycles. The van der Waals surface area contributed by atoms with Gasteiger partial charge in [0.2, 0.25) is 5.91 Å². The molecule has 1 amide bonds. The summed E-state index contributed by atoms with van der Waals surface area (Å²) < 4.78 is 14.9. The zero-order chi connectivity index (χ0) is 14.3. The molecule has 3 nitrogen and oxygen atoms in total. The van der Waals surface area contributed by atoms with Crippen LogP contribution in [0.3, 0.4) is 0 Å². The first-order chi connectivity index (χ1) is 9.56. The second-order valence-corrected chi connectivity index (χ2v) is 6.42. The molecule has 0 fully saturated rings. The van der Waals surface area contributed by atoms with Crippen LogP contribution in [0, 0.1) is 5.82 Å². The average molecular weight is 356 g/mol. The van der Waals surface area contributed by atoms with E-state index in [1.165, 1.54) is 17.4 Å². The Balaban J connectivity index is 2.02. The number of anilines is 1. The standard InChI is InChI=1S/C14H11BrFNO2S/c15-9-3-4-20-14(9)13(19)8-5-7-1-2-12(18)17-11(7)6-10(8)16/h3-6,13,19H,1-2H2,(H,17,18). The highest BCUT2D eigenvalue weighted by Gasteiger charge is 2.23. The third kappa shape index (κ3) is 2.39. The van der Waals surface area contributed by atoms with Crippen LogP contribution in [-0.2, 0) is 11.2 Å². The van der Waals surface area contributed by atoms with Crippen molar-refractivity contribution in [1.29, 1.82) is 0 Å². The van der Waals surface area contributed by atoms with Crippen molar-refractivity contribution in [3.63, 3.8) is 0 Å². The zero-order valence-electron chi connectivity index (χ0n) is 10.3. The molecule has 104 valence electrons. The molecule has 20 heavy (non-hydrogen) atoms. The lowest BCUT2D eigenvalue weighted by molar-refractivity contribution is -0.116. The van der Waals surface area contributed by atoms with Gasteiger partial charge in [-0.2, -0.15) is 0 Å². The molecular formula is C14H11BrFNO2S. The average Bonchev–Trinajstić information content (AvgIpc) is 2.83. The fraction of sp³-hybridized carbons (Fsp3) is 0.214. The van der Waals surface area contributed by atoms with Gasteiger partial charge in [-0.3, -0.25) is 4.79 Å². The maximum Gasteiger partial charge on any atom is 0.224 e. The van der Waals surface area contributed by atoms with Crippen molar-refractivity contribution in [3.05, 3.63) is 49.9 Å². The third-order valence-corrected chi connectivity index (χ3v) is 5.23. The van der Waals surface area contributed by atoms with E-state index in [-0.39, 0.29) is 11.5 Å². The van der Waals surface area contributed by atoms with E-state index in [2.05, 4.69) is 21.2 Å². The molecule has 0 spiro atoms. The van der Waals surface area contributed by atoms with Crippen molar-refractivity contribution in [3.8, 4) is 0 Å². The summed E-state index contributed by atoms with van der Waals surface area (Å²) in [4.78, 5) is 12.0. The van der Waals surface area contributed by atoms with E-state index in [0.29, 0.717) is 23.4 Å². The van der Waals surface area contributed by atoms with Crippen LogP contribution < -0.4 is 5.32 Å². The van der Waals surface area contributed by atoms with Crippen LogP contribution >= 0.6 is 27.3 Å². The molecule has 1 aromatic heterocycles. The Morgan fingerprint density at radius 2 is 2.20 bits per heavy atom. The maximum atomic E-state index is 14.2. The fourth-order valence-electron chi connectivity index (χ4n) is 2.27. The van der Waals surface area contributed by atoms with E-state index in [9.17, 15) is 14.3 Å².